The van der Waals surface area contributed by atoms with Crippen LogP contribution in [-0.2, 0) is 4.79 Å². The molecule has 0 aromatic carbocycles. The molecule has 6 rings (SSSR count). The summed E-state index contributed by atoms with van der Waals surface area (Å²) < 4.78 is 0. The Hall–Kier alpha value is -0.410. The van der Waals surface area contributed by atoms with Crippen molar-refractivity contribution in [1.82, 2.24) is 0 Å². The molecular weight excluding hydrogens is 298 g/mol. The van der Waals surface area contributed by atoms with Gasteiger partial charge in [0.25, 0.3) is 0 Å². The molecule has 24 heavy (non-hydrogen) atoms. The molecule has 0 aromatic rings. The lowest BCUT2D eigenvalue weighted by atomic mass is 9.42. The highest BCUT2D eigenvalue weighted by molar-refractivity contribution is 5.92. The first kappa shape index (κ1) is 14.7. The molecule has 3 heteroatoms. The van der Waals surface area contributed by atoms with E-state index < -0.39 is 0 Å². The first-order valence-corrected chi connectivity index (χ1v) is 10.3. The Morgan fingerprint density at radius 1 is 1.08 bits per heavy atom. The molecule has 0 heterocycles. The van der Waals surface area contributed by atoms with E-state index in [1.807, 2.05) is 0 Å². The highest BCUT2D eigenvalue weighted by Gasteiger charge is 2.77. The molecule has 11 atom stereocenters. The lowest BCUT2D eigenvalue weighted by molar-refractivity contribution is -0.154. The van der Waals surface area contributed by atoms with Gasteiger partial charge in [0.1, 0.15) is 5.78 Å². The molecule has 0 saturated heterocycles. The molecule has 3 unspecified atom stereocenters. The van der Waals surface area contributed by atoms with Gasteiger partial charge < -0.3 is 10.8 Å². The number of Topliss-reactive ketones (excluding diaryl/α,β-unsaturated/α-hetero) is 1. The van der Waals surface area contributed by atoms with Crippen LogP contribution in [0.5, 0.6) is 0 Å². The number of hydrogen-bond acceptors (Lipinski definition) is 3. The zero-order valence-corrected chi connectivity index (χ0v) is 15.0. The van der Waals surface area contributed by atoms with Crippen LogP contribution in [0.2, 0.25) is 0 Å². The van der Waals surface area contributed by atoms with Crippen molar-refractivity contribution in [3.63, 3.8) is 0 Å². The first-order chi connectivity index (χ1) is 11.3. The molecule has 6 saturated carbocycles. The lowest BCUT2D eigenvalue weighted by Crippen LogP contribution is -2.68. The molecule has 0 aromatic heterocycles. The van der Waals surface area contributed by atoms with E-state index >= 15 is 0 Å². The molecule has 6 fully saturated rings. The van der Waals surface area contributed by atoms with Crippen molar-refractivity contribution in [2.24, 2.45) is 58.0 Å². The van der Waals surface area contributed by atoms with E-state index in [0.29, 0.717) is 35.4 Å². The van der Waals surface area contributed by atoms with Crippen molar-refractivity contribution in [3.05, 3.63) is 0 Å². The smallest absolute Gasteiger partial charge is 0.142 e. The van der Waals surface area contributed by atoms with Gasteiger partial charge in [-0.15, -0.1) is 0 Å². The van der Waals surface area contributed by atoms with Crippen LogP contribution in [0.25, 0.3) is 0 Å². The van der Waals surface area contributed by atoms with Crippen LogP contribution < -0.4 is 5.73 Å². The first-order valence-electron chi connectivity index (χ1n) is 10.3. The molecular formula is C21H31NO2. The van der Waals surface area contributed by atoms with E-state index in [-0.39, 0.29) is 22.5 Å². The Kier molecular flexibility index (Phi) is 2.43. The average molecular weight is 329 g/mol. The molecule has 6 aliphatic rings. The number of ketones is 1. The summed E-state index contributed by atoms with van der Waals surface area (Å²) in [5.41, 5.74) is 7.10. The van der Waals surface area contributed by atoms with E-state index in [9.17, 15) is 9.90 Å². The zero-order chi connectivity index (χ0) is 16.6. The predicted molar refractivity (Wildman–Crippen MR) is 90.9 cm³/mol. The maximum Gasteiger partial charge on any atom is 0.142 e. The summed E-state index contributed by atoms with van der Waals surface area (Å²) >= 11 is 0. The van der Waals surface area contributed by atoms with E-state index in [0.717, 1.165) is 37.5 Å². The van der Waals surface area contributed by atoms with E-state index in [1.165, 1.54) is 19.3 Å². The monoisotopic (exact) mass is 329 g/mol. The number of fused-ring (bicyclic) bond motifs is 10. The summed E-state index contributed by atoms with van der Waals surface area (Å²) in [6, 6.07) is 0. The fraction of sp³-hybridized carbons (Fsp3) is 0.952. The minimum atomic E-state index is -0.199. The number of nitrogens with two attached hydrogens (primary N) is 1. The van der Waals surface area contributed by atoms with Gasteiger partial charge in [-0.2, -0.15) is 0 Å². The van der Waals surface area contributed by atoms with Crippen molar-refractivity contribution in [2.45, 2.75) is 70.4 Å². The van der Waals surface area contributed by atoms with Gasteiger partial charge >= 0.3 is 0 Å². The molecule has 0 radical (unpaired) electrons. The number of aliphatic hydroxyl groups is 1. The second kappa shape index (κ2) is 3.96. The largest absolute Gasteiger partial charge is 0.393 e. The van der Waals surface area contributed by atoms with E-state index in [4.69, 9.17) is 5.73 Å². The molecule has 3 nitrogen and oxygen atoms in total. The molecule has 0 aliphatic heterocycles. The van der Waals surface area contributed by atoms with Crippen LogP contribution in [0, 0.1) is 52.3 Å². The average Bonchev–Trinajstić information content (AvgIpc) is 3.41. The Bertz CT molecular complexity index is 648. The van der Waals surface area contributed by atoms with Crippen molar-refractivity contribution < 1.29 is 9.90 Å². The van der Waals surface area contributed by atoms with Crippen molar-refractivity contribution in [3.8, 4) is 0 Å². The lowest BCUT2D eigenvalue weighted by Gasteiger charge is -2.64. The number of hydrogen-bond donors (Lipinski definition) is 2. The van der Waals surface area contributed by atoms with Crippen LogP contribution >= 0.6 is 0 Å². The van der Waals surface area contributed by atoms with Crippen LogP contribution in [0.4, 0.5) is 0 Å². The summed E-state index contributed by atoms with van der Waals surface area (Å²) in [7, 11) is 0. The van der Waals surface area contributed by atoms with Crippen LogP contribution in [0.3, 0.4) is 0 Å². The summed E-state index contributed by atoms with van der Waals surface area (Å²) in [6.45, 7) is 4.76. The fourth-order valence-electron chi connectivity index (χ4n) is 8.94. The molecule has 0 bridgehead atoms. The molecule has 0 amide bonds. The number of carbonyl (C=O) groups excluding carboxylic acids is 1. The fourth-order valence-corrected chi connectivity index (χ4v) is 8.94. The maximum absolute atomic E-state index is 12.9. The number of carbonyl (C=O) groups is 1. The quantitative estimate of drug-likeness (QED) is 0.718. The summed E-state index contributed by atoms with van der Waals surface area (Å²) in [4.78, 5) is 12.9. The van der Waals surface area contributed by atoms with Gasteiger partial charge in [-0.3, -0.25) is 4.79 Å². The Labute approximate surface area is 144 Å². The SMILES string of the molecule is C[C@]12CCC3C(C1[C@@H]1C[C@@H]1C2=O)[C@H]1C[C@H]1[C@]1(N)C[C@@H](O)CC[C@]31C. The zero-order valence-electron chi connectivity index (χ0n) is 15.0. The second-order valence-electron chi connectivity index (χ2n) is 10.9. The van der Waals surface area contributed by atoms with E-state index in [2.05, 4.69) is 13.8 Å². The molecule has 6 aliphatic carbocycles. The Balaban J connectivity index is 1.45. The third-order valence-corrected chi connectivity index (χ3v) is 10.2. The summed E-state index contributed by atoms with van der Waals surface area (Å²) in [6.07, 6.45) is 7.34. The normalized spacial score (nSPS) is 69.1. The number of aliphatic hydroxyl groups excluding tert-OH is 1. The van der Waals surface area contributed by atoms with Crippen molar-refractivity contribution in [2.75, 3.05) is 0 Å². The third-order valence-electron chi connectivity index (χ3n) is 10.2. The van der Waals surface area contributed by atoms with Crippen molar-refractivity contribution in [1.29, 1.82) is 0 Å². The van der Waals surface area contributed by atoms with Gasteiger partial charge in [0, 0.05) is 16.9 Å². The van der Waals surface area contributed by atoms with Crippen LogP contribution in [0.15, 0.2) is 0 Å². The van der Waals surface area contributed by atoms with Gasteiger partial charge in [0.2, 0.25) is 0 Å². The van der Waals surface area contributed by atoms with Gasteiger partial charge in [-0.05, 0) is 85.9 Å². The standard InChI is InChI=1S/C21H31NO2/c1-19-5-4-14-16(17(19)11-7-12(11)18(19)24)13-8-15(13)21(22)9-10(23)3-6-20(14,21)2/h10-17,23H,3-9,22H2,1-2H3/t10-,11+,12-,13-,14?,15+,16?,17?,19-,20+,21+/m0/s1. The van der Waals surface area contributed by atoms with Crippen LogP contribution in [-0.4, -0.2) is 22.5 Å². The van der Waals surface area contributed by atoms with Crippen LogP contribution in [0.1, 0.15) is 58.8 Å². The van der Waals surface area contributed by atoms with E-state index in [1.54, 1.807) is 0 Å². The van der Waals surface area contributed by atoms with Gasteiger partial charge in [-0.1, -0.05) is 13.8 Å². The highest BCUT2D eigenvalue weighted by Crippen LogP contribution is 2.78. The molecule has 3 N–H and O–H groups in total. The van der Waals surface area contributed by atoms with Crippen molar-refractivity contribution >= 4 is 5.78 Å². The maximum atomic E-state index is 12.9. The Morgan fingerprint density at radius 3 is 2.67 bits per heavy atom. The summed E-state index contributed by atoms with van der Waals surface area (Å²) in [5, 5.41) is 10.3. The minimum Gasteiger partial charge on any atom is -0.393 e. The highest BCUT2D eigenvalue weighted by atomic mass is 16.3. The topological polar surface area (TPSA) is 63.3 Å². The predicted octanol–water partition coefficient (Wildman–Crippen LogP) is 2.75. The third kappa shape index (κ3) is 1.37. The van der Waals surface area contributed by atoms with Gasteiger partial charge in [0.15, 0.2) is 0 Å². The van der Waals surface area contributed by atoms with Gasteiger partial charge in [0.05, 0.1) is 6.10 Å². The van der Waals surface area contributed by atoms with Gasteiger partial charge in [-0.25, -0.2) is 0 Å². The number of rotatable bonds is 0. The second-order valence-corrected chi connectivity index (χ2v) is 10.9. The summed E-state index contributed by atoms with van der Waals surface area (Å²) in [5.74, 6) is 5.17. The Morgan fingerprint density at radius 2 is 1.88 bits per heavy atom. The minimum absolute atomic E-state index is 0.0129. The molecule has 132 valence electrons. The molecule has 0 spiro atoms.